The maximum Gasteiger partial charge on any atom is 0.210 e. The summed E-state index contributed by atoms with van der Waals surface area (Å²) in [5.74, 6) is 0. The predicted molar refractivity (Wildman–Crippen MR) is 100 cm³/mol. The molecule has 1 aromatic carbocycles. The SMILES string of the molecule is CN(C)C1(c2ccccc2)CCC(C)(N(C=O)CC2(O)CCC2)CC1. The minimum Gasteiger partial charge on any atom is -0.388 e. The van der Waals surface area contributed by atoms with Gasteiger partial charge in [0.25, 0.3) is 0 Å². The molecule has 0 radical (unpaired) electrons. The smallest absolute Gasteiger partial charge is 0.210 e. The Kier molecular flexibility index (Phi) is 4.95. The summed E-state index contributed by atoms with van der Waals surface area (Å²) in [7, 11) is 4.31. The third kappa shape index (κ3) is 3.34. The first-order valence-corrected chi connectivity index (χ1v) is 9.51. The zero-order valence-corrected chi connectivity index (χ0v) is 15.9. The third-order valence-corrected chi connectivity index (χ3v) is 6.89. The Bertz CT molecular complexity index is 587. The average molecular weight is 344 g/mol. The number of benzene rings is 1. The molecule has 0 unspecified atom stereocenters. The van der Waals surface area contributed by atoms with Crippen molar-refractivity contribution in [2.45, 2.75) is 68.5 Å². The van der Waals surface area contributed by atoms with Gasteiger partial charge in [-0.3, -0.25) is 9.69 Å². The molecule has 2 saturated carbocycles. The average Bonchev–Trinajstić information content (AvgIpc) is 2.59. The number of hydrogen-bond acceptors (Lipinski definition) is 3. The summed E-state index contributed by atoms with van der Waals surface area (Å²) in [6.07, 6.45) is 7.60. The van der Waals surface area contributed by atoms with Crippen LogP contribution in [0.15, 0.2) is 30.3 Å². The van der Waals surface area contributed by atoms with Crippen molar-refractivity contribution < 1.29 is 9.90 Å². The van der Waals surface area contributed by atoms with Crippen LogP contribution in [0.2, 0.25) is 0 Å². The lowest BCUT2D eigenvalue weighted by Crippen LogP contribution is -2.58. The normalized spacial score (nSPS) is 31.4. The quantitative estimate of drug-likeness (QED) is 0.806. The molecule has 2 fully saturated rings. The summed E-state index contributed by atoms with van der Waals surface area (Å²) in [4.78, 5) is 16.0. The molecule has 1 aromatic rings. The van der Waals surface area contributed by atoms with Gasteiger partial charge in [0, 0.05) is 17.6 Å². The lowest BCUT2D eigenvalue weighted by Gasteiger charge is -2.53. The second kappa shape index (κ2) is 6.73. The van der Waals surface area contributed by atoms with Crippen molar-refractivity contribution >= 4 is 6.41 Å². The topological polar surface area (TPSA) is 43.8 Å². The van der Waals surface area contributed by atoms with E-state index < -0.39 is 5.60 Å². The minimum atomic E-state index is -0.653. The van der Waals surface area contributed by atoms with Gasteiger partial charge in [0.2, 0.25) is 6.41 Å². The van der Waals surface area contributed by atoms with Gasteiger partial charge in [-0.2, -0.15) is 0 Å². The summed E-state index contributed by atoms with van der Waals surface area (Å²) in [5, 5.41) is 10.5. The Morgan fingerprint density at radius 3 is 2.08 bits per heavy atom. The summed E-state index contributed by atoms with van der Waals surface area (Å²) in [6, 6.07) is 10.7. The molecular formula is C21H32N2O2. The molecule has 2 aliphatic carbocycles. The highest BCUT2D eigenvalue weighted by atomic mass is 16.3. The van der Waals surface area contributed by atoms with E-state index in [0.717, 1.165) is 51.4 Å². The Balaban J connectivity index is 1.77. The van der Waals surface area contributed by atoms with Gasteiger partial charge >= 0.3 is 0 Å². The Hall–Kier alpha value is -1.39. The first-order valence-electron chi connectivity index (χ1n) is 9.51. The van der Waals surface area contributed by atoms with E-state index in [1.54, 1.807) is 0 Å². The van der Waals surface area contributed by atoms with Crippen LogP contribution in [0.4, 0.5) is 0 Å². The van der Waals surface area contributed by atoms with Crippen LogP contribution < -0.4 is 0 Å². The standard InChI is InChI=1S/C21H32N2O2/c1-19(23(17-24)16-20(25)10-7-11-20)12-14-21(15-13-19,22(2)3)18-8-5-4-6-9-18/h4-6,8-9,17,25H,7,10-16H2,1-3H3. The van der Waals surface area contributed by atoms with Gasteiger partial charge < -0.3 is 10.0 Å². The molecule has 0 saturated heterocycles. The van der Waals surface area contributed by atoms with Gasteiger partial charge in [-0.1, -0.05) is 30.3 Å². The van der Waals surface area contributed by atoms with E-state index in [4.69, 9.17) is 0 Å². The Morgan fingerprint density at radius 1 is 1.04 bits per heavy atom. The molecule has 1 N–H and O–H groups in total. The van der Waals surface area contributed by atoms with Gasteiger partial charge in [-0.25, -0.2) is 0 Å². The van der Waals surface area contributed by atoms with E-state index in [1.807, 2.05) is 4.90 Å². The molecule has 0 atom stereocenters. The monoisotopic (exact) mass is 344 g/mol. The summed E-state index contributed by atoms with van der Waals surface area (Å²) >= 11 is 0. The van der Waals surface area contributed by atoms with Gasteiger partial charge in [-0.05, 0) is 71.5 Å². The van der Waals surface area contributed by atoms with E-state index in [1.165, 1.54) is 5.56 Å². The molecule has 1 amide bonds. The van der Waals surface area contributed by atoms with Crippen molar-refractivity contribution in [1.29, 1.82) is 0 Å². The van der Waals surface area contributed by atoms with Crippen molar-refractivity contribution in [2.75, 3.05) is 20.6 Å². The number of aliphatic hydroxyl groups is 1. The van der Waals surface area contributed by atoms with E-state index in [-0.39, 0.29) is 11.1 Å². The molecule has 0 spiro atoms. The van der Waals surface area contributed by atoms with E-state index >= 15 is 0 Å². The molecule has 4 nitrogen and oxygen atoms in total. The van der Waals surface area contributed by atoms with E-state index in [9.17, 15) is 9.90 Å². The van der Waals surface area contributed by atoms with Crippen molar-refractivity contribution in [3.63, 3.8) is 0 Å². The summed E-state index contributed by atoms with van der Waals surface area (Å²) < 4.78 is 0. The molecular weight excluding hydrogens is 312 g/mol. The van der Waals surface area contributed by atoms with Crippen molar-refractivity contribution in [1.82, 2.24) is 9.80 Å². The largest absolute Gasteiger partial charge is 0.388 e. The Morgan fingerprint density at radius 2 is 1.64 bits per heavy atom. The first kappa shape index (κ1) is 18.4. The molecule has 4 heteroatoms. The predicted octanol–water partition coefficient (Wildman–Crippen LogP) is 3.15. The summed E-state index contributed by atoms with van der Waals surface area (Å²) in [6.45, 7) is 2.67. The van der Waals surface area contributed by atoms with Crippen molar-refractivity contribution in [3.8, 4) is 0 Å². The van der Waals surface area contributed by atoms with Crippen LogP contribution in [0.3, 0.4) is 0 Å². The fourth-order valence-electron chi connectivity index (χ4n) is 4.65. The molecule has 0 bridgehead atoms. The fraction of sp³-hybridized carbons (Fsp3) is 0.667. The van der Waals surface area contributed by atoms with Crippen molar-refractivity contribution in [3.05, 3.63) is 35.9 Å². The van der Waals surface area contributed by atoms with E-state index in [0.29, 0.717) is 6.54 Å². The van der Waals surface area contributed by atoms with Crippen molar-refractivity contribution in [2.24, 2.45) is 0 Å². The number of rotatable bonds is 6. The molecule has 0 aromatic heterocycles. The van der Waals surface area contributed by atoms with Crippen LogP contribution in [-0.2, 0) is 10.3 Å². The van der Waals surface area contributed by atoms with Crippen LogP contribution in [0.5, 0.6) is 0 Å². The van der Waals surface area contributed by atoms with E-state index in [2.05, 4.69) is 56.3 Å². The highest BCUT2D eigenvalue weighted by Crippen LogP contribution is 2.47. The first-order chi connectivity index (χ1) is 11.8. The summed E-state index contributed by atoms with van der Waals surface area (Å²) in [5.41, 5.74) is 0.570. The molecule has 138 valence electrons. The highest BCUT2D eigenvalue weighted by molar-refractivity contribution is 5.49. The van der Waals surface area contributed by atoms with Gasteiger partial charge in [0.1, 0.15) is 0 Å². The fourth-order valence-corrected chi connectivity index (χ4v) is 4.65. The zero-order chi connectivity index (χ0) is 18.1. The zero-order valence-electron chi connectivity index (χ0n) is 15.9. The lowest BCUT2D eigenvalue weighted by molar-refractivity contribution is -0.137. The molecule has 2 aliphatic rings. The van der Waals surface area contributed by atoms with Gasteiger partial charge in [-0.15, -0.1) is 0 Å². The lowest BCUT2D eigenvalue weighted by atomic mass is 9.68. The van der Waals surface area contributed by atoms with Gasteiger partial charge in [0.05, 0.1) is 5.60 Å². The maximum atomic E-state index is 11.8. The minimum absolute atomic E-state index is 0.0305. The van der Waals surface area contributed by atoms with Crippen LogP contribution in [0.1, 0.15) is 57.4 Å². The second-order valence-electron chi connectivity index (χ2n) is 8.60. The highest BCUT2D eigenvalue weighted by Gasteiger charge is 2.47. The molecule has 3 rings (SSSR count). The number of carbonyl (C=O) groups excluding carboxylic acids is 1. The van der Waals surface area contributed by atoms with Crippen LogP contribution in [0.25, 0.3) is 0 Å². The maximum absolute atomic E-state index is 11.8. The molecule has 25 heavy (non-hydrogen) atoms. The number of β-amino-alcohol motifs (C(OH)–C–C–N with tert-alkyl or cyclic N) is 1. The number of hydrogen-bond donors (Lipinski definition) is 1. The van der Waals surface area contributed by atoms with Gasteiger partial charge in [0.15, 0.2) is 0 Å². The molecule has 0 heterocycles. The van der Waals surface area contributed by atoms with Crippen LogP contribution in [0, 0.1) is 0 Å². The number of amides is 1. The molecule has 0 aliphatic heterocycles. The number of carbonyl (C=O) groups is 1. The third-order valence-electron chi connectivity index (χ3n) is 6.89. The second-order valence-corrected chi connectivity index (χ2v) is 8.60. The Labute approximate surface area is 151 Å². The van der Waals surface area contributed by atoms with Crippen LogP contribution >= 0.6 is 0 Å². The number of nitrogens with zero attached hydrogens (tertiary/aromatic N) is 2. The van der Waals surface area contributed by atoms with Crippen LogP contribution in [-0.4, -0.2) is 53.1 Å².